The van der Waals surface area contributed by atoms with Crippen molar-refractivity contribution in [3.05, 3.63) is 99.0 Å². The molecule has 4 aliphatic rings. The first-order valence-electron chi connectivity index (χ1n) is 12.2. The molecule has 3 aliphatic carbocycles. The number of nitrogens with one attached hydrogen (secondary N) is 1. The summed E-state index contributed by atoms with van der Waals surface area (Å²) in [6.07, 6.45) is 0. The van der Waals surface area contributed by atoms with Crippen molar-refractivity contribution in [3.8, 4) is 0 Å². The van der Waals surface area contributed by atoms with E-state index < -0.39 is 48.2 Å². The minimum absolute atomic E-state index is 0.162. The van der Waals surface area contributed by atoms with Crippen LogP contribution in [0.5, 0.6) is 0 Å². The van der Waals surface area contributed by atoms with Crippen molar-refractivity contribution in [2.24, 2.45) is 11.8 Å². The standard InChI is InChI=1S/C29H22Cl2N2O5/c1-14(29(37)38-13-21(34)32-20-12-6-11-19(30)26(20)31)33-27(35)24-22-15-7-2-3-8-16(15)23(25(24)28(33)36)18-10-5-4-9-17(18)22/h2-12,14,22-25H,13H2,1H3,(H,32,34)/t14-,22?,23?,24-,25+/m0/s1. The number of likely N-dealkylation sites (tertiary alicyclic amines) is 1. The van der Waals surface area contributed by atoms with Gasteiger partial charge in [-0.3, -0.25) is 19.3 Å². The average Bonchev–Trinajstić information content (AvgIpc) is 3.19. The van der Waals surface area contributed by atoms with Crippen molar-refractivity contribution in [3.63, 3.8) is 0 Å². The molecule has 192 valence electrons. The van der Waals surface area contributed by atoms with Crippen molar-refractivity contribution < 1.29 is 23.9 Å². The Morgan fingerprint density at radius 3 is 1.84 bits per heavy atom. The van der Waals surface area contributed by atoms with E-state index in [-0.39, 0.29) is 27.6 Å². The van der Waals surface area contributed by atoms with Gasteiger partial charge in [0.25, 0.3) is 5.91 Å². The largest absolute Gasteiger partial charge is 0.454 e. The Kier molecular flexibility index (Phi) is 6.00. The molecule has 3 aromatic rings. The number of benzene rings is 3. The van der Waals surface area contributed by atoms with Crippen LogP contribution in [0.4, 0.5) is 5.69 Å². The summed E-state index contributed by atoms with van der Waals surface area (Å²) >= 11 is 12.1. The average molecular weight is 549 g/mol. The lowest BCUT2D eigenvalue weighted by Crippen LogP contribution is -2.45. The third kappa shape index (κ3) is 3.64. The van der Waals surface area contributed by atoms with E-state index >= 15 is 0 Å². The molecule has 1 fully saturated rings. The molecule has 0 radical (unpaired) electrons. The molecular weight excluding hydrogens is 527 g/mol. The van der Waals surface area contributed by atoms with Gasteiger partial charge in [0.15, 0.2) is 6.61 Å². The van der Waals surface area contributed by atoms with E-state index in [4.69, 9.17) is 27.9 Å². The number of carbonyl (C=O) groups is 4. The summed E-state index contributed by atoms with van der Waals surface area (Å²) < 4.78 is 5.19. The molecule has 0 aromatic heterocycles. The van der Waals surface area contributed by atoms with E-state index in [1.54, 1.807) is 18.2 Å². The molecule has 1 saturated heterocycles. The highest BCUT2D eigenvalue weighted by Crippen LogP contribution is 2.61. The molecule has 3 aromatic carbocycles. The van der Waals surface area contributed by atoms with Crippen molar-refractivity contribution in [1.29, 1.82) is 0 Å². The van der Waals surface area contributed by atoms with Gasteiger partial charge in [-0.1, -0.05) is 77.8 Å². The zero-order valence-corrected chi connectivity index (χ0v) is 21.7. The van der Waals surface area contributed by atoms with E-state index in [1.807, 2.05) is 48.5 Å². The topological polar surface area (TPSA) is 92.8 Å². The first-order chi connectivity index (χ1) is 18.3. The molecule has 2 bridgehead atoms. The highest BCUT2D eigenvalue weighted by molar-refractivity contribution is 6.44. The number of imide groups is 1. The third-order valence-corrected chi connectivity index (χ3v) is 8.60. The second-order valence-corrected chi connectivity index (χ2v) is 10.5. The SMILES string of the molecule is C[C@@H](C(=O)OCC(=O)Nc1cccc(Cl)c1Cl)N1C(=O)[C@@H]2C3c4ccccc4C(c4ccccc43)[C@@H]2C1=O. The number of amides is 3. The highest BCUT2D eigenvalue weighted by atomic mass is 35.5. The summed E-state index contributed by atoms with van der Waals surface area (Å²) in [5, 5.41) is 2.96. The second-order valence-electron chi connectivity index (χ2n) is 9.74. The van der Waals surface area contributed by atoms with Gasteiger partial charge in [-0.05, 0) is 41.3 Å². The van der Waals surface area contributed by atoms with E-state index in [0.717, 1.165) is 27.2 Å². The molecule has 0 saturated carbocycles. The smallest absolute Gasteiger partial charge is 0.329 e. The molecule has 3 atom stereocenters. The fourth-order valence-electron chi connectivity index (χ4n) is 6.23. The van der Waals surface area contributed by atoms with Gasteiger partial charge >= 0.3 is 5.97 Å². The zero-order valence-electron chi connectivity index (χ0n) is 20.2. The Labute approximate surface area is 228 Å². The van der Waals surface area contributed by atoms with Crippen LogP contribution in [0, 0.1) is 11.8 Å². The minimum Gasteiger partial charge on any atom is -0.454 e. The van der Waals surface area contributed by atoms with Gasteiger partial charge in [-0.25, -0.2) is 4.79 Å². The number of ether oxygens (including phenoxy) is 1. The maximum atomic E-state index is 13.7. The Morgan fingerprint density at radius 1 is 0.842 bits per heavy atom. The summed E-state index contributed by atoms with van der Waals surface area (Å²) in [5.74, 6) is -3.99. The van der Waals surface area contributed by atoms with Gasteiger partial charge in [0.1, 0.15) is 6.04 Å². The van der Waals surface area contributed by atoms with Gasteiger partial charge in [0.05, 0.1) is 27.6 Å². The number of nitrogens with zero attached hydrogens (tertiary/aromatic N) is 1. The summed E-state index contributed by atoms with van der Waals surface area (Å²) in [7, 11) is 0. The van der Waals surface area contributed by atoms with Crippen LogP contribution in [0.15, 0.2) is 66.7 Å². The minimum atomic E-state index is -1.19. The lowest BCUT2D eigenvalue weighted by Gasteiger charge is -2.45. The van der Waals surface area contributed by atoms with Gasteiger partial charge in [0.2, 0.25) is 11.8 Å². The lowest BCUT2D eigenvalue weighted by molar-refractivity contribution is -0.159. The summed E-state index contributed by atoms with van der Waals surface area (Å²) in [6.45, 7) is 0.834. The molecule has 9 heteroatoms. The predicted octanol–water partition coefficient (Wildman–Crippen LogP) is 4.76. The summed E-state index contributed by atoms with van der Waals surface area (Å²) in [6, 6.07) is 19.4. The lowest BCUT2D eigenvalue weighted by atomic mass is 9.55. The monoisotopic (exact) mass is 548 g/mol. The highest BCUT2D eigenvalue weighted by Gasteiger charge is 2.62. The first-order valence-corrected chi connectivity index (χ1v) is 13.0. The van der Waals surface area contributed by atoms with E-state index in [0.29, 0.717) is 0 Å². The molecule has 7 nitrogen and oxygen atoms in total. The van der Waals surface area contributed by atoms with Crippen LogP contribution in [0.3, 0.4) is 0 Å². The Hall–Kier alpha value is -3.68. The molecular formula is C29H22Cl2N2O5. The molecule has 38 heavy (non-hydrogen) atoms. The van der Waals surface area contributed by atoms with Gasteiger partial charge in [-0.15, -0.1) is 0 Å². The maximum absolute atomic E-state index is 13.7. The van der Waals surface area contributed by atoms with Crippen LogP contribution < -0.4 is 5.32 Å². The molecule has 1 N–H and O–H groups in total. The number of carbonyl (C=O) groups excluding carboxylic acids is 4. The normalized spacial score (nSPS) is 23.4. The molecule has 3 amide bonds. The van der Waals surface area contributed by atoms with E-state index in [9.17, 15) is 19.2 Å². The number of esters is 1. The molecule has 7 rings (SSSR count). The molecule has 1 aliphatic heterocycles. The predicted molar refractivity (Wildman–Crippen MR) is 141 cm³/mol. The number of anilines is 1. The summed E-state index contributed by atoms with van der Waals surface area (Å²) in [4.78, 5) is 53.8. The van der Waals surface area contributed by atoms with Gasteiger partial charge < -0.3 is 10.1 Å². The number of rotatable bonds is 5. The summed E-state index contributed by atoms with van der Waals surface area (Å²) in [5.41, 5.74) is 4.47. The van der Waals surface area contributed by atoms with Crippen LogP contribution in [-0.2, 0) is 23.9 Å². The van der Waals surface area contributed by atoms with Crippen LogP contribution in [0.25, 0.3) is 0 Å². The van der Waals surface area contributed by atoms with Crippen LogP contribution in [0.2, 0.25) is 10.0 Å². The van der Waals surface area contributed by atoms with Crippen molar-refractivity contribution >= 4 is 52.6 Å². The Bertz CT molecular complexity index is 1410. The quantitative estimate of drug-likeness (QED) is 0.366. The van der Waals surface area contributed by atoms with Crippen molar-refractivity contribution in [1.82, 2.24) is 4.90 Å². The Morgan fingerprint density at radius 2 is 1.34 bits per heavy atom. The molecule has 1 heterocycles. The fourth-order valence-corrected chi connectivity index (χ4v) is 6.58. The van der Waals surface area contributed by atoms with Crippen molar-refractivity contribution in [2.45, 2.75) is 24.8 Å². The zero-order chi connectivity index (χ0) is 26.7. The molecule has 0 spiro atoms. The maximum Gasteiger partial charge on any atom is 0.329 e. The Balaban J connectivity index is 1.21. The number of hydrogen-bond donors (Lipinski definition) is 1. The van der Waals surface area contributed by atoms with Gasteiger partial charge in [0, 0.05) is 11.8 Å². The number of halogens is 2. The fraction of sp³-hybridized carbons (Fsp3) is 0.241. The first kappa shape index (κ1) is 24.6. The third-order valence-electron chi connectivity index (χ3n) is 7.78. The van der Waals surface area contributed by atoms with Gasteiger partial charge in [-0.2, -0.15) is 0 Å². The van der Waals surface area contributed by atoms with Crippen LogP contribution >= 0.6 is 23.2 Å². The second kappa shape index (κ2) is 9.26. The number of hydrogen-bond acceptors (Lipinski definition) is 5. The van der Waals surface area contributed by atoms with Crippen LogP contribution in [-0.4, -0.2) is 41.2 Å². The van der Waals surface area contributed by atoms with E-state index in [1.165, 1.54) is 6.92 Å². The molecule has 0 unspecified atom stereocenters. The van der Waals surface area contributed by atoms with E-state index in [2.05, 4.69) is 5.32 Å². The van der Waals surface area contributed by atoms with Crippen LogP contribution in [0.1, 0.15) is 41.0 Å². The van der Waals surface area contributed by atoms with Crippen molar-refractivity contribution in [2.75, 3.05) is 11.9 Å².